The second-order valence-corrected chi connectivity index (χ2v) is 6.93. The quantitative estimate of drug-likeness (QED) is 0.341. The molecule has 1 aliphatic rings. The maximum absolute atomic E-state index is 13.3. The fraction of sp³-hybridized carbons (Fsp3) is 0.364. The third kappa shape index (κ3) is 4.02. The third-order valence-electron chi connectivity index (χ3n) is 5.25. The van der Waals surface area contributed by atoms with Crippen LogP contribution in [0.15, 0.2) is 48.5 Å². The Kier molecular flexibility index (Phi) is 6.31. The van der Waals surface area contributed by atoms with Crippen molar-refractivity contribution < 1.29 is 24.3 Å². The van der Waals surface area contributed by atoms with E-state index in [0.717, 1.165) is 30.6 Å². The van der Waals surface area contributed by atoms with Crippen LogP contribution in [0.1, 0.15) is 54.9 Å². The Bertz CT molecular complexity index is 825. The molecule has 0 saturated heterocycles. The first-order valence-electron chi connectivity index (χ1n) is 9.60. The highest BCUT2D eigenvalue weighted by atomic mass is 16.5. The third-order valence-corrected chi connectivity index (χ3v) is 5.25. The van der Waals surface area contributed by atoms with Gasteiger partial charge >= 0.3 is 5.97 Å². The SMILES string of the molecule is CCOc1ccc(C2(C(=O)Oc3ccccc3C(=O)NO)CCCCC2)cc1. The van der Waals surface area contributed by atoms with E-state index in [2.05, 4.69) is 0 Å². The zero-order valence-electron chi connectivity index (χ0n) is 15.9. The molecule has 28 heavy (non-hydrogen) atoms. The molecule has 2 N–H and O–H groups in total. The molecule has 1 amide bonds. The van der Waals surface area contributed by atoms with Crippen LogP contribution in [-0.2, 0) is 10.2 Å². The molecule has 2 aromatic carbocycles. The van der Waals surface area contributed by atoms with Gasteiger partial charge in [0, 0.05) is 0 Å². The molecule has 1 aliphatic carbocycles. The van der Waals surface area contributed by atoms with E-state index in [1.165, 1.54) is 6.07 Å². The molecular weight excluding hydrogens is 358 g/mol. The van der Waals surface area contributed by atoms with E-state index in [1.807, 2.05) is 31.2 Å². The number of hydrogen-bond donors (Lipinski definition) is 2. The van der Waals surface area contributed by atoms with Gasteiger partial charge in [0.25, 0.3) is 5.91 Å². The van der Waals surface area contributed by atoms with Gasteiger partial charge in [0.2, 0.25) is 0 Å². The molecule has 0 heterocycles. The van der Waals surface area contributed by atoms with Gasteiger partial charge < -0.3 is 9.47 Å². The van der Waals surface area contributed by atoms with Crippen molar-refractivity contribution in [2.45, 2.75) is 44.4 Å². The summed E-state index contributed by atoms with van der Waals surface area (Å²) in [6.07, 6.45) is 4.32. The van der Waals surface area contributed by atoms with E-state index in [9.17, 15) is 9.59 Å². The molecule has 6 heteroatoms. The zero-order chi connectivity index (χ0) is 20.0. The number of carbonyl (C=O) groups is 2. The minimum Gasteiger partial charge on any atom is -0.494 e. The summed E-state index contributed by atoms with van der Waals surface area (Å²) in [4.78, 5) is 25.2. The maximum atomic E-state index is 13.3. The van der Waals surface area contributed by atoms with Gasteiger partial charge in [-0.1, -0.05) is 43.5 Å². The van der Waals surface area contributed by atoms with Crippen LogP contribution in [0.5, 0.6) is 11.5 Å². The number of benzene rings is 2. The first-order chi connectivity index (χ1) is 13.6. The van der Waals surface area contributed by atoms with Crippen LogP contribution in [0.4, 0.5) is 0 Å². The van der Waals surface area contributed by atoms with Gasteiger partial charge in [0.05, 0.1) is 17.6 Å². The van der Waals surface area contributed by atoms with Crippen molar-refractivity contribution in [2.75, 3.05) is 6.61 Å². The zero-order valence-corrected chi connectivity index (χ0v) is 15.9. The van der Waals surface area contributed by atoms with Crippen LogP contribution in [0.2, 0.25) is 0 Å². The normalized spacial score (nSPS) is 15.5. The van der Waals surface area contributed by atoms with Crippen LogP contribution in [0, 0.1) is 0 Å². The number of hydroxylamine groups is 1. The Morgan fingerprint density at radius 3 is 2.36 bits per heavy atom. The van der Waals surface area contributed by atoms with Gasteiger partial charge in [-0.05, 0) is 49.6 Å². The first kappa shape index (κ1) is 19.9. The van der Waals surface area contributed by atoms with Crippen molar-refractivity contribution in [3.05, 3.63) is 59.7 Å². The summed E-state index contributed by atoms with van der Waals surface area (Å²) < 4.78 is 11.2. The topological polar surface area (TPSA) is 84.9 Å². The van der Waals surface area contributed by atoms with E-state index in [0.29, 0.717) is 19.4 Å². The van der Waals surface area contributed by atoms with Crippen molar-refractivity contribution in [1.82, 2.24) is 5.48 Å². The second kappa shape index (κ2) is 8.89. The summed E-state index contributed by atoms with van der Waals surface area (Å²) in [5.74, 6) is -0.206. The largest absolute Gasteiger partial charge is 0.494 e. The second-order valence-electron chi connectivity index (χ2n) is 6.93. The smallest absolute Gasteiger partial charge is 0.321 e. The number of amides is 1. The van der Waals surface area contributed by atoms with Gasteiger partial charge in [-0.3, -0.25) is 14.8 Å². The minimum atomic E-state index is -0.758. The standard InChI is InChI=1S/C22H25NO5/c1-2-27-17-12-10-16(11-13-17)22(14-6-3-7-15-22)21(25)28-19-9-5-4-8-18(19)20(24)23-26/h4-5,8-13,26H,2-3,6-7,14-15H2,1H3,(H,23,24). The summed E-state index contributed by atoms with van der Waals surface area (Å²) in [5, 5.41) is 8.94. The lowest BCUT2D eigenvalue weighted by Crippen LogP contribution is -2.41. The molecule has 0 unspecified atom stereocenters. The van der Waals surface area contributed by atoms with E-state index in [4.69, 9.17) is 14.7 Å². The summed E-state index contributed by atoms with van der Waals surface area (Å²) in [7, 11) is 0. The summed E-state index contributed by atoms with van der Waals surface area (Å²) >= 11 is 0. The predicted molar refractivity (Wildman–Crippen MR) is 104 cm³/mol. The minimum absolute atomic E-state index is 0.107. The van der Waals surface area contributed by atoms with Crippen molar-refractivity contribution in [2.24, 2.45) is 0 Å². The maximum Gasteiger partial charge on any atom is 0.321 e. The molecule has 2 aromatic rings. The molecule has 3 rings (SSSR count). The summed E-state index contributed by atoms with van der Waals surface area (Å²) in [6, 6.07) is 14.0. The van der Waals surface area contributed by atoms with Gasteiger partial charge in [-0.15, -0.1) is 0 Å². The van der Waals surface area contributed by atoms with Crippen molar-refractivity contribution in [1.29, 1.82) is 0 Å². The number of esters is 1. The van der Waals surface area contributed by atoms with Crippen LogP contribution >= 0.6 is 0 Å². The molecule has 1 fully saturated rings. The average molecular weight is 383 g/mol. The molecule has 0 aliphatic heterocycles. The van der Waals surface area contributed by atoms with E-state index in [-0.39, 0.29) is 17.3 Å². The number of hydrogen-bond acceptors (Lipinski definition) is 5. The van der Waals surface area contributed by atoms with Crippen LogP contribution in [0.25, 0.3) is 0 Å². The summed E-state index contributed by atoms with van der Waals surface area (Å²) in [5.41, 5.74) is 1.83. The average Bonchev–Trinajstić information content (AvgIpc) is 2.75. The van der Waals surface area contributed by atoms with Gasteiger partial charge in [-0.2, -0.15) is 0 Å². The summed E-state index contributed by atoms with van der Waals surface area (Å²) in [6.45, 7) is 2.50. The molecule has 1 saturated carbocycles. The number of para-hydroxylation sites is 1. The lowest BCUT2D eigenvalue weighted by atomic mass is 9.69. The molecular formula is C22H25NO5. The molecule has 0 bridgehead atoms. The van der Waals surface area contributed by atoms with Crippen LogP contribution in [-0.4, -0.2) is 23.7 Å². The Morgan fingerprint density at radius 2 is 1.71 bits per heavy atom. The highest BCUT2D eigenvalue weighted by molar-refractivity contribution is 5.97. The monoisotopic (exact) mass is 383 g/mol. The van der Waals surface area contributed by atoms with Gasteiger partial charge in [-0.25, -0.2) is 5.48 Å². The molecule has 0 aromatic heterocycles. The fourth-order valence-corrected chi connectivity index (χ4v) is 3.80. The Hall–Kier alpha value is -2.86. The Balaban J connectivity index is 1.92. The molecule has 6 nitrogen and oxygen atoms in total. The Morgan fingerprint density at radius 1 is 1.04 bits per heavy atom. The number of rotatable bonds is 6. The van der Waals surface area contributed by atoms with Crippen molar-refractivity contribution in [3.8, 4) is 11.5 Å². The highest BCUT2D eigenvalue weighted by Gasteiger charge is 2.43. The molecule has 0 atom stereocenters. The van der Waals surface area contributed by atoms with Crippen molar-refractivity contribution >= 4 is 11.9 Å². The first-order valence-corrected chi connectivity index (χ1v) is 9.60. The number of nitrogens with one attached hydrogen (secondary N) is 1. The highest BCUT2D eigenvalue weighted by Crippen LogP contribution is 2.41. The predicted octanol–water partition coefficient (Wildman–Crippen LogP) is 4.01. The molecule has 148 valence electrons. The van der Waals surface area contributed by atoms with E-state index < -0.39 is 11.3 Å². The van der Waals surface area contributed by atoms with E-state index in [1.54, 1.807) is 23.7 Å². The molecule has 0 spiro atoms. The lowest BCUT2D eigenvalue weighted by Gasteiger charge is -2.35. The molecule has 0 radical (unpaired) electrons. The Labute approximate surface area is 164 Å². The van der Waals surface area contributed by atoms with Crippen molar-refractivity contribution in [3.63, 3.8) is 0 Å². The number of carbonyl (C=O) groups excluding carboxylic acids is 2. The van der Waals surface area contributed by atoms with Crippen LogP contribution < -0.4 is 15.0 Å². The lowest BCUT2D eigenvalue weighted by molar-refractivity contribution is -0.142. The van der Waals surface area contributed by atoms with E-state index >= 15 is 0 Å². The van der Waals surface area contributed by atoms with Gasteiger partial charge in [0.1, 0.15) is 11.5 Å². The number of ether oxygens (including phenoxy) is 2. The van der Waals surface area contributed by atoms with Gasteiger partial charge in [0.15, 0.2) is 0 Å². The van der Waals surface area contributed by atoms with Crippen LogP contribution in [0.3, 0.4) is 0 Å². The fourth-order valence-electron chi connectivity index (χ4n) is 3.80.